The third-order valence-corrected chi connectivity index (χ3v) is 3.44. The number of hydrogen-bond donors (Lipinski definition) is 1. The molecule has 1 aromatic heterocycles. The fraction of sp³-hybridized carbons (Fsp3) is 0.727. The van der Waals surface area contributed by atoms with Crippen LogP contribution in [0.2, 0.25) is 5.02 Å². The molecular weight excluding hydrogens is 245 g/mol. The first-order valence-electron chi connectivity index (χ1n) is 5.67. The molecule has 1 aromatic rings. The minimum atomic E-state index is 0.281. The molecule has 0 aliphatic carbocycles. The average molecular weight is 264 g/mol. The predicted molar refractivity (Wildman–Crippen MR) is 69.3 cm³/mol. The second-order valence-electron chi connectivity index (χ2n) is 3.81. The summed E-state index contributed by atoms with van der Waals surface area (Å²) < 4.78 is 1.95. The molecule has 1 unspecified atom stereocenters. The monoisotopic (exact) mass is 263 g/mol. The Labute approximate surface area is 107 Å². The number of aromatic nitrogens is 2. The van der Waals surface area contributed by atoms with Crippen LogP contribution in [0, 0.1) is 0 Å². The molecule has 3 nitrogen and oxygen atoms in total. The van der Waals surface area contributed by atoms with Crippen molar-refractivity contribution in [3.05, 3.63) is 16.4 Å². The summed E-state index contributed by atoms with van der Waals surface area (Å²) in [5, 5.41) is 8.58. The minimum absolute atomic E-state index is 0.281. The zero-order valence-electron chi connectivity index (χ0n) is 10.1. The zero-order chi connectivity index (χ0) is 12.1. The van der Waals surface area contributed by atoms with Crippen molar-refractivity contribution in [1.82, 2.24) is 15.1 Å². The number of aryl methyl sites for hydroxylation is 2. The molecule has 1 atom stereocenters. The van der Waals surface area contributed by atoms with Gasteiger partial charge in [0.1, 0.15) is 0 Å². The van der Waals surface area contributed by atoms with Crippen molar-refractivity contribution in [2.75, 3.05) is 5.88 Å². The van der Waals surface area contributed by atoms with Crippen LogP contribution < -0.4 is 5.32 Å². The van der Waals surface area contributed by atoms with E-state index in [1.165, 1.54) is 0 Å². The number of alkyl halides is 1. The highest BCUT2D eigenvalue weighted by atomic mass is 35.5. The van der Waals surface area contributed by atoms with Gasteiger partial charge in [-0.25, -0.2) is 0 Å². The summed E-state index contributed by atoms with van der Waals surface area (Å²) in [6.45, 7) is 7.73. The lowest BCUT2D eigenvalue weighted by Crippen LogP contribution is -2.28. The molecule has 1 N–H and O–H groups in total. The second-order valence-corrected chi connectivity index (χ2v) is 4.50. The summed E-state index contributed by atoms with van der Waals surface area (Å²) in [6.07, 6.45) is 0.865. The molecule has 0 saturated heterocycles. The Hall–Kier alpha value is -0.250. The maximum atomic E-state index is 6.28. The number of hydrogen-bond acceptors (Lipinski definition) is 2. The third kappa shape index (κ3) is 3.12. The molecule has 0 saturated carbocycles. The summed E-state index contributed by atoms with van der Waals surface area (Å²) in [6, 6.07) is 0.281. The van der Waals surface area contributed by atoms with E-state index >= 15 is 0 Å². The van der Waals surface area contributed by atoms with Crippen LogP contribution in [0.15, 0.2) is 0 Å². The van der Waals surface area contributed by atoms with Crippen LogP contribution in [0.1, 0.15) is 32.2 Å². The zero-order valence-corrected chi connectivity index (χ0v) is 11.6. The average Bonchev–Trinajstić information content (AvgIpc) is 2.62. The normalized spacial score (nSPS) is 13.1. The SMILES string of the molecule is CCc1nn(CC)c(CNC(C)CCl)c1Cl. The summed E-state index contributed by atoms with van der Waals surface area (Å²) in [7, 11) is 0. The highest BCUT2D eigenvalue weighted by Crippen LogP contribution is 2.21. The van der Waals surface area contributed by atoms with Crippen LogP contribution in [0.3, 0.4) is 0 Å². The van der Waals surface area contributed by atoms with Crippen LogP contribution >= 0.6 is 23.2 Å². The molecule has 1 rings (SSSR count). The van der Waals surface area contributed by atoms with E-state index in [-0.39, 0.29) is 6.04 Å². The van der Waals surface area contributed by atoms with Gasteiger partial charge < -0.3 is 5.32 Å². The molecular formula is C11H19Cl2N3. The van der Waals surface area contributed by atoms with Gasteiger partial charge in [0.25, 0.3) is 0 Å². The maximum absolute atomic E-state index is 6.28. The Morgan fingerprint density at radius 3 is 2.62 bits per heavy atom. The van der Waals surface area contributed by atoms with Gasteiger partial charge in [-0.15, -0.1) is 11.6 Å². The number of rotatable bonds is 6. The van der Waals surface area contributed by atoms with E-state index < -0.39 is 0 Å². The Bertz CT molecular complexity index is 336. The first-order chi connectivity index (χ1) is 7.63. The van der Waals surface area contributed by atoms with Crippen molar-refractivity contribution in [1.29, 1.82) is 0 Å². The number of nitrogens with zero attached hydrogens (tertiary/aromatic N) is 2. The highest BCUT2D eigenvalue weighted by Gasteiger charge is 2.14. The van der Waals surface area contributed by atoms with Gasteiger partial charge in [-0.05, 0) is 20.3 Å². The van der Waals surface area contributed by atoms with Gasteiger partial charge in [0.15, 0.2) is 0 Å². The molecule has 0 fully saturated rings. The second kappa shape index (κ2) is 6.48. The molecule has 16 heavy (non-hydrogen) atoms. The van der Waals surface area contributed by atoms with Crippen molar-refractivity contribution in [2.45, 2.75) is 46.3 Å². The smallest absolute Gasteiger partial charge is 0.0863 e. The Morgan fingerprint density at radius 2 is 2.12 bits per heavy atom. The lowest BCUT2D eigenvalue weighted by Gasteiger charge is -2.11. The van der Waals surface area contributed by atoms with Gasteiger partial charge >= 0.3 is 0 Å². The molecule has 0 bridgehead atoms. The molecule has 1 heterocycles. The van der Waals surface area contributed by atoms with Gasteiger partial charge in [-0.1, -0.05) is 18.5 Å². The van der Waals surface area contributed by atoms with Crippen LogP contribution in [-0.4, -0.2) is 21.7 Å². The van der Waals surface area contributed by atoms with Gasteiger partial charge in [0, 0.05) is 25.0 Å². The van der Waals surface area contributed by atoms with E-state index in [9.17, 15) is 0 Å². The Morgan fingerprint density at radius 1 is 1.44 bits per heavy atom. The summed E-state index contributed by atoms with van der Waals surface area (Å²) >= 11 is 12.0. The van der Waals surface area contributed by atoms with Crippen molar-refractivity contribution in [3.63, 3.8) is 0 Å². The van der Waals surface area contributed by atoms with Crippen molar-refractivity contribution < 1.29 is 0 Å². The lowest BCUT2D eigenvalue weighted by atomic mass is 10.3. The molecule has 0 aliphatic heterocycles. The quantitative estimate of drug-likeness (QED) is 0.801. The standard InChI is InChI=1S/C11H19Cl2N3/c1-4-9-11(13)10(16(5-2)15-9)7-14-8(3)6-12/h8,14H,4-7H2,1-3H3. The fourth-order valence-corrected chi connectivity index (χ4v) is 1.96. The van der Waals surface area contributed by atoms with Gasteiger partial charge in [-0.2, -0.15) is 5.10 Å². The van der Waals surface area contributed by atoms with E-state index in [1.807, 2.05) is 11.6 Å². The molecule has 0 spiro atoms. The number of halogens is 2. The summed E-state index contributed by atoms with van der Waals surface area (Å²) in [5.41, 5.74) is 2.02. The van der Waals surface area contributed by atoms with Crippen LogP contribution in [0.4, 0.5) is 0 Å². The molecule has 0 amide bonds. The first kappa shape index (κ1) is 13.8. The molecule has 92 valence electrons. The summed E-state index contributed by atoms with van der Waals surface area (Å²) in [5.74, 6) is 0.596. The minimum Gasteiger partial charge on any atom is -0.307 e. The van der Waals surface area contributed by atoms with Crippen LogP contribution in [-0.2, 0) is 19.5 Å². The summed E-state index contributed by atoms with van der Waals surface area (Å²) in [4.78, 5) is 0. The molecule has 5 heteroatoms. The number of nitrogens with one attached hydrogen (secondary N) is 1. The van der Waals surface area contributed by atoms with Crippen molar-refractivity contribution in [3.8, 4) is 0 Å². The highest BCUT2D eigenvalue weighted by molar-refractivity contribution is 6.31. The van der Waals surface area contributed by atoms with Gasteiger partial charge in [-0.3, -0.25) is 4.68 Å². The van der Waals surface area contributed by atoms with Crippen molar-refractivity contribution >= 4 is 23.2 Å². The molecule has 0 radical (unpaired) electrons. The molecule has 0 aliphatic rings. The Kier molecular flexibility index (Phi) is 5.59. The van der Waals surface area contributed by atoms with Crippen LogP contribution in [0.5, 0.6) is 0 Å². The maximum Gasteiger partial charge on any atom is 0.0863 e. The third-order valence-electron chi connectivity index (χ3n) is 2.54. The fourth-order valence-electron chi connectivity index (χ4n) is 1.51. The van der Waals surface area contributed by atoms with E-state index in [2.05, 4.69) is 24.3 Å². The lowest BCUT2D eigenvalue weighted by molar-refractivity contribution is 0.541. The first-order valence-corrected chi connectivity index (χ1v) is 6.58. The predicted octanol–water partition coefficient (Wildman–Crippen LogP) is 2.84. The van der Waals surface area contributed by atoms with E-state index in [1.54, 1.807) is 0 Å². The van der Waals surface area contributed by atoms with E-state index in [0.717, 1.165) is 29.4 Å². The Balaban J connectivity index is 2.80. The largest absolute Gasteiger partial charge is 0.307 e. The van der Waals surface area contributed by atoms with E-state index in [0.29, 0.717) is 12.4 Å². The van der Waals surface area contributed by atoms with Crippen molar-refractivity contribution in [2.24, 2.45) is 0 Å². The topological polar surface area (TPSA) is 29.9 Å². The van der Waals surface area contributed by atoms with Gasteiger partial charge in [0.2, 0.25) is 0 Å². The van der Waals surface area contributed by atoms with Gasteiger partial charge in [0.05, 0.1) is 16.4 Å². The molecule has 0 aromatic carbocycles. The van der Waals surface area contributed by atoms with E-state index in [4.69, 9.17) is 23.2 Å². The van der Waals surface area contributed by atoms with Crippen LogP contribution in [0.25, 0.3) is 0 Å².